The molecule has 2 N–H and O–H groups in total. The molecule has 136 valence electrons. The number of ether oxygens (including phenoxy) is 1. The van der Waals surface area contributed by atoms with E-state index in [9.17, 15) is 8.42 Å². The average molecular weight is 372 g/mol. The van der Waals surface area contributed by atoms with E-state index in [1.165, 1.54) is 0 Å². The van der Waals surface area contributed by atoms with Crippen LogP contribution in [0.15, 0.2) is 30.6 Å². The Kier molecular flexibility index (Phi) is 4.26. The van der Waals surface area contributed by atoms with Crippen LogP contribution in [-0.2, 0) is 21.4 Å². The summed E-state index contributed by atoms with van der Waals surface area (Å²) in [7, 11) is -3.34. The second kappa shape index (κ2) is 6.46. The molecular formula is C18H20N4O3S. The molecule has 0 fully saturated rings. The lowest BCUT2D eigenvalue weighted by atomic mass is 9.93. The van der Waals surface area contributed by atoms with Crippen molar-refractivity contribution >= 4 is 20.9 Å². The van der Waals surface area contributed by atoms with E-state index in [4.69, 9.17) is 4.74 Å². The van der Waals surface area contributed by atoms with E-state index in [1.807, 2.05) is 19.1 Å². The van der Waals surface area contributed by atoms with Crippen molar-refractivity contribution in [3.8, 4) is 11.1 Å². The zero-order valence-electron chi connectivity index (χ0n) is 14.6. The van der Waals surface area contributed by atoms with Gasteiger partial charge in [-0.15, -0.1) is 0 Å². The Balaban J connectivity index is 1.80. The number of sulfonamides is 1. The van der Waals surface area contributed by atoms with Crippen LogP contribution in [0, 0.1) is 6.92 Å². The fourth-order valence-electron chi connectivity index (χ4n) is 3.29. The standard InChI is InChI=1S/C18H20N4O3S/c1-3-26(23,24)22-18-10-25-9-16-14(7-19-8-15(16)18)12-4-5-17-13(6-12)11(2)20-21-17/h4-8,18,22H,3,9-10H2,1-2H3,(H,20,21). The molecule has 1 aliphatic rings. The maximum atomic E-state index is 12.0. The molecule has 1 aromatic carbocycles. The lowest BCUT2D eigenvalue weighted by Crippen LogP contribution is -2.35. The number of nitrogens with zero attached hydrogens (tertiary/aromatic N) is 2. The van der Waals surface area contributed by atoms with E-state index in [0.29, 0.717) is 13.2 Å². The Morgan fingerprint density at radius 3 is 3.00 bits per heavy atom. The van der Waals surface area contributed by atoms with Crippen molar-refractivity contribution in [1.29, 1.82) is 0 Å². The molecule has 0 saturated heterocycles. The third-order valence-corrected chi connectivity index (χ3v) is 6.17. The van der Waals surface area contributed by atoms with Crippen LogP contribution in [-0.4, -0.2) is 36.0 Å². The lowest BCUT2D eigenvalue weighted by molar-refractivity contribution is 0.0884. The van der Waals surface area contributed by atoms with Crippen molar-refractivity contribution in [2.75, 3.05) is 12.4 Å². The van der Waals surface area contributed by atoms with E-state index in [1.54, 1.807) is 19.3 Å². The van der Waals surface area contributed by atoms with Crippen LogP contribution in [0.1, 0.15) is 29.8 Å². The van der Waals surface area contributed by atoms with Crippen molar-refractivity contribution < 1.29 is 13.2 Å². The summed E-state index contributed by atoms with van der Waals surface area (Å²) in [6.45, 7) is 4.31. The number of aryl methyl sites for hydroxylation is 1. The highest BCUT2D eigenvalue weighted by molar-refractivity contribution is 7.89. The monoisotopic (exact) mass is 372 g/mol. The number of H-pyrrole nitrogens is 1. The maximum Gasteiger partial charge on any atom is 0.211 e. The van der Waals surface area contributed by atoms with Gasteiger partial charge in [-0.25, -0.2) is 13.1 Å². The molecular weight excluding hydrogens is 352 g/mol. The number of benzene rings is 1. The topological polar surface area (TPSA) is 97.0 Å². The molecule has 0 amide bonds. The van der Waals surface area contributed by atoms with Crippen molar-refractivity contribution in [3.05, 3.63) is 47.4 Å². The summed E-state index contributed by atoms with van der Waals surface area (Å²) < 4.78 is 32.4. The van der Waals surface area contributed by atoms with Gasteiger partial charge in [0.2, 0.25) is 10.0 Å². The van der Waals surface area contributed by atoms with E-state index >= 15 is 0 Å². The molecule has 3 heterocycles. The minimum absolute atomic E-state index is 0.0301. The quantitative estimate of drug-likeness (QED) is 0.733. The normalized spacial score (nSPS) is 17.4. The van der Waals surface area contributed by atoms with Crippen molar-refractivity contribution in [3.63, 3.8) is 0 Å². The van der Waals surface area contributed by atoms with E-state index in [-0.39, 0.29) is 5.75 Å². The first-order chi connectivity index (χ1) is 12.5. The summed E-state index contributed by atoms with van der Waals surface area (Å²) in [6, 6.07) is 5.66. The summed E-state index contributed by atoms with van der Waals surface area (Å²) in [5, 5.41) is 8.29. The van der Waals surface area contributed by atoms with Gasteiger partial charge in [0.1, 0.15) is 0 Å². The molecule has 3 aromatic rings. The fraction of sp³-hybridized carbons (Fsp3) is 0.333. The van der Waals surface area contributed by atoms with Gasteiger partial charge in [-0.05, 0) is 42.7 Å². The summed E-state index contributed by atoms with van der Waals surface area (Å²) >= 11 is 0. The second-order valence-corrected chi connectivity index (χ2v) is 8.46. The summed E-state index contributed by atoms with van der Waals surface area (Å²) in [5.74, 6) is 0.0301. The smallest absolute Gasteiger partial charge is 0.211 e. The molecule has 0 bridgehead atoms. The fourth-order valence-corrected chi connectivity index (χ4v) is 4.09. The summed E-state index contributed by atoms with van der Waals surface area (Å²) in [5.41, 5.74) is 5.71. The Hall–Kier alpha value is -2.29. The molecule has 0 spiro atoms. The van der Waals surface area contributed by atoms with Gasteiger partial charge in [0.05, 0.1) is 36.2 Å². The van der Waals surface area contributed by atoms with E-state index in [0.717, 1.165) is 38.9 Å². The van der Waals surface area contributed by atoms with Crippen LogP contribution in [0.4, 0.5) is 0 Å². The van der Waals surface area contributed by atoms with Crippen LogP contribution < -0.4 is 4.72 Å². The number of nitrogens with one attached hydrogen (secondary N) is 2. The van der Waals surface area contributed by atoms with Crippen LogP contribution >= 0.6 is 0 Å². The van der Waals surface area contributed by atoms with Crippen LogP contribution in [0.25, 0.3) is 22.0 Å². The van der Waals surface area contributed by atoms with Crippen molar-refractivity contribution in [1.82, 2.24) is 19.9 Å². The molecule has 1 unspecified atom stereocenters. The number of aromatic nitrogens is 3. The predicted molar refractivity (Wildman–Crippen MR) is 99.1 cm³/mol. The average Bonchev–Trinajstić information content (AvgIpc) is 3.02. The number of fused-ring (bicyclic) bond motifs is 2. The van der Waals surface area contributed by atoms with Gasteiger partial charge < -0.3 is 4.74 Å². The molecule has 1 atom stereocenters. The van der Waals surface area contributed by atoms with Crippen LogP contribution in [0.3, 0.4) is 0 Å². The Morgan fingerprint density at radius 2 is 2.19 bits per heavy atom. The minimum atomic E-state index is -3.34. The first-order valence-corrected chi connectivity index (χ1v) is 10.1. The van der Waals surface area contributed by atoms with Gasteiger partial charge in [0.15, 0.2) is 0 Å². The number of rotatable bonds is 4. The molecule has 0 radical (unpaired) electrons. The summed E-state index contributed by atoms with van der Waals surface area (Å²) in [4.78, 5) is 4.36. The minimum Gasteiger partial charge on any atom is -0.375 e. The Labute approximate surface area is 151 Å². The van der Waals surface area contributed by atoms with Gasteiger partial charge >= 0.3 is 0 Å². The number of hydrogen-bond donors (Lipinski definition) is 2. The number of aromatic amines is 1. The van der Waals surface area contributed by atoms with Crippen molar-refractivity contribution in [2.24, 2.45) is 0 Å². The molecule has 4 rings (SSSR count). The Morgan fingerprint density at radius 1 is 1.35 bits per heavy atom. The highest BCUT2D eigenvalue weighted by Gasteiger charge is 2.27. The third kappa shape index (κ3) is 3.00. The molecule has 2 aromatic heterocycles. The Bertz CT molecular complexity index is 1080. The van der Waals surface area contributed by atoms with Gasteiger partial charge in [0, 0.05) is 23.3 Å². The zero-order chi connectivity index (χ0) is 18.3. The van der Waals surface area contributed by atoms with Gasteiger partial charge in [0.25, 0.3) is 0 Å². The molecule has 0 aliphatic carbocycles. The SMILES string of the molecule is CCS(=O)(=O)NC1COCc2c(-c3ccc4[nH]nc(C)c4c3)cncc21. The highest BCUT2D eigenvalue weighted by Crippen LogP contribution is 2.34. The molecule has 7 nitrogen and oxygen atoms in total. The second-order valence-electron chi connectivity index (χ2n) is 6.41. The molecule has 0 saturated carbocycles. The zero-order valence-corrected chi connectivity index (χ0v) is 15.4. The summed E-state index contributed by atoms with van der Waals surface area (Å²) in [6.07, 6.45) is 3.53. The largest absolute Gasteiger partial charge is 0.375 e. The first-order valence-electron chi connectivity index (χ1n) is 8.48. The highest BCUT2D eigenvalue weighted by atomic mass is 32.2. The van der Waals surface area contributed by atoms with E-state index < -0.39 is 16.1 Å². The molecule has 26 heavy (non-hydrogen) atoms. The van der Waals surface area contributed by atoms with Crippen molar-refractivity contribution in [2.45, 2.75) is 26.5 Å². The van der Waals surface area contributed by atoms with Crippen LogP contribution in [0.2, 0.25) is 0 Å². The first kappa shape index (κ1) is 17.1. The van der Waals surface area contributed by atoms with Gasteiger partial charge in [-0.3, -0.25) is 10.1 Å². The molecule has 1 aliphatic heterocycles. The van der Waals surface area contributed by atoms with Gasteiger partial charge in [-0.2, -0.15) is 5.10 Å². The van der Waals surface area contributed by atoms with Crippen LogP contribution in [0.5, 0.6) is 0 Å². The number of hydrogen-bond acceptors (Lipinski definition) is 5. The number of pyridine rings is 1. The van der Waals surface area contributed by atoms with E-state index in [2.05, 4.69) is 26.0 Å². The predicted octanol–water partition coefficient (Wildman–Crippen LogP) is 2.44. The molecule has 8 heteroatoms. The third-order valence-electron chi connectivity index (χ3n) is 4.76. The lowest BCUT2D eigenvalue weighted by Gasteiger charge is -2.27. The maximum absolute atomic E-state index is 12.0. The van der Waals surface area contributed by atoms with Gasteiger partial charge in [-0.1, -0.05) is 6.07 Å².